The molecule has 5 nitrogen and oxygen atoms in total. The molecular formula is C13H25N3O2. The molecule has 104 valence electrons. The van der Waals surface area contributed by atoms with Gasteiger partial charge in [-0.15, -0.1) is 0 Å². The fourth-order valence-electron chi connectivity index (χ4n) is 2.62. The number of likely N-dealkylation sites (tertiary alicyclic amines) is 1. The Balaban J connectivity index is 1.49. The molecule has 0 aliphatic carbocycles. The first kappa shape index (κ1) is 13.8. The van der Waals surface area contributed by atoms with E-state index in [1.165, 1.54) is 0 Å². The van der Waals surface area contributed by atoms with Crippen molar-refractivity contribution < 1.29 is 9.53 Å². The van der Waals surface area contributed by atoms with Crippen molar-refractivity contribution in [3.8, 4) is 0 Å². The van der Waals surface area contributed by atoms with Crippen LogP contribution in [-0.2, 0) is 9.53 Å². The van der Waals surface area contributed by atoms with Gasteiger partial charge in [0, 0.05) is 52.4 Å². The van der Waals surface area contributed by atoms with Crippen LogP contribution in [0.1, 0.15) is 19.3 Å². The molecule has 0 unspecified atom stereocenters. The number of piperidine rings is 1. The molecule has 0 radical (unpaired) electrons. The molecule has 1 N–H and O–H groups in total. The van der Waals surface area contributed by atoms with Crippen LogP contribution in [0.15, 0.2) is 0 Å². The second-order valence-corrected chi connectivity index (χ2v) is 5.16. The zero-order chi connectivity index (χ0) is 12.6. The van der Waals surface area contributed by atoms with Gasteiger partial charge in [0.05, 0.1) is 6.10 Å². The number of amides is 1. The van der Waals surface area contributed by atoms with Crippen LogP contribution in [0, 0.1) is 0 Å². The van der Waals surface area contributed by atoms with Gasteiger partial charge in [0.1, 0.15) is 0 Å². The van der Waals surface area contributed by atoms with Crippen molar-refractivity contribution >= 4 is 6.41 Å². The Morgan fingerprint density at radius 3 is 2.56 bits per heavy atom. The summed E-state index contributed by atoms with van der Waals surface area (Å²) in [5, 5.41) is 3.36. The molecule has 2 rings (SSSR count). The largest absolute Gasteiger partial charge is 0.378 e. The molecule has 2 aliphatic rings. The van der Waals surface area contributed by atoms with Crippen LogP contribution in [0.5, 0.6) is 0 Å². The number of ether oxygens (including phenoxy) is 1. The minimum atomic E-state index is 0.365. The highest BCUT2D eigenvalue weighted by Gasteiger charge is 2.18. The van der Waals surface area contributed by atoms with E-state index in [-0.39, 0.29) is 0 Å². The molecule has 0 spiro atoms. The molecule has 0 saturated carbocycles. The highest BCUT2D eigenvalue weighted by Crippen LogP contribution is 2.12. The molecule has 0 aromatic rings. The average Bonchev–Trinajstić information content (AvgIpc) is 2.45. The van der Waals surface area contributed by atoms with Crippen LogP contribution < -0.4 is 5.32 Å². The van der Waals surface area contributed by atoms with Gasteiger partial charge >= 0.3 is 0 Å². The standard InChI is InChI=1S/C13H25N3O2/c17-12-16-7-2-13(3-8-16)18-11-1-6-15-9-4-14-5-10-15/h12-14H,1-11H2. The molecule has 0 aromatic heterocycles. The maximum atomic E-state index is 10.6. The Labute approximate surface area is 109 Å². The van der Waals surface area contributed by atoms with E-state index < -0.39 is 0 Å². The van der Waals surface area contributed by atoms with Crippen LogP contribution in [0.4, 0.5) is 0 Å². The van der Waals surface area contributed by atoms with Crippen LogP contribution in [-0.4, -0.2) is 74.7 Å². The second kappa shape index (κ2) is 7.71. The number of carbonyl (C=O) groups excluding carboxylic acids is 1. The lowest BCUT2D eigenvalue weighted by Gasteiger charge is -2.30. The Morgan fingerprint density at radius 2 is 1.89 bits per heavy atom. The van der Waals surface area contributed by atoms with Crippen molar-refractivity contribution in [2.45, 2.75) is 25.4 Å². The van der Waals surface area contributed by atoms with E-state index in [2.05, 4.69) is 10.2 Å². The topological polar surface area (TPSA) is 44.8 Å². The molecule has 0 atom stereocenters. The molecule has 0 aromatic carbocycles. The van der Waals surface area contributed by atoms with Crippen LogP contribution in [0.3, 0.4) is 0 Å². The summed E-state index contributed by atoms with van der Waals surface area (Å²) in [4.78, 5) is 14.9. The summed E-state index contributed by atoms with van der Waals surface area (Å²) in [5.74, 6) is 0. The fourth-order valence-corrected chi connectivity index (χ4v) is 2.62. The minimum Gasteiger partial charge on any atom is -0.378 e. The SMILES string of the molecule is O=CN1CCC(OCCCN2CCNCC2)CC1. The summed E-state index contributed by atoms with van der Waals surface area (Å²) in [5.41, 5.74) is 0. The molecular weight excluding hydrogens is 230 g/mol. The number of hydrogen-bond donors (Lipinski definition) is 1. The van der Waals surface area contributed by atoms with Gasteiger partial charge in [-0.25, -0.2) is 0 Å². The number of piperazine rings is 1. The third-order valence-electron chi connectivity index (χ3n) is 3.81. The van der Waals surface area contributed by atoms with E-state index in [0.717, 1.165) is 78.1 Å². The molecule has 18 heavy (non-hydrogen) atoms. The maximum absolute atomic E-state index is 10.6. The van der Waals surface area contributed by atoms with Gasteiger partial charge in [-0.05, 0) is 19.3 Å². The summed E-state index contributed by atoms with van der Waals surface area (Å²) in [6.07, 6.45) is 4.41. The number of rotatable bonds is 6. The summed E-state index contributed by atoms with van der Waals surface area (Å²) < 4.78 is 5.88. The Morgan fingerprint density at radius 1 is 1.17 bits per heavy atom. The summed E-state index contributed by atoms with van der Waals surface area (Å²) in [7, 11) is 0. The lowest BCUT2D eigenvalue weighted by atomic mass is 10.1. The first-order valence-electron chi connectivity index (χ1n) is 7.12. The Kier molecular flexibility index (Phi) is 5.90. The van der Waals surface area contributed by atoms with Crippen LogP contribution in [0.2, 0.25) is 0 Å². The number of nitrogens with zero attached hydrogens (tertiary/aromatic N) is 2. The minimum absolute atomic E-state index is 0.365. The molecule has 2 fully saturated rings. The Bertz CT molecular complexity index is 236. The van der Waals surface area contributed by atoms with E-state index in [0.29, 0.717) is 6.10 Å². The molecule has 5 heteroatoms. The quantitative estimate of drug-likeness (QED) is 0.532. The van der Waals surface area contributed by atoms with Crippen molar-refractivity contribution in [1.82, 2.24) is 15.1 Å². The third kappa shape index (κ3) is 4.55. The van der Waals surface area contributed by atoms with Crippen molar-refractivity contribution in [3.63, 3.8) is 0 Å². The van der Waals surface area contributed by atoms with E-state index >= 15 is 0 Å². The van der Waals surface area contributed by atoms with Gasteiger partial charge in [0.25, 0.3) is 0 Å². The van der Waals surface area contributed by atoms with Crippen LogP contribution >= 0.6 is 0 Å². The van der Waals surface area contributed by atoms with E-state index in [1.807, 2.05) is 4.90 Å². The zero-order valence-electron chi connectivity index (χ0n) is 11.1. The smallest absolute Gasteiger partial charge is 0.209 e. The first-order chi connectivity index (χ1) is 8.88. The van der Waals surface area contributed by atoms with Crippen molar-refractivity contribution in [2.24, 2.45) is 0 Å². The van der Waals surface area contributed by atoms with Gasteiger partial charge < -0.3 is 19.9 Å². The Hall–Kier alpha value is -0.650. The number of carbonyl (C=O) groups is 1. The van der Waals surface area contributed by atoms with E-state index in [1.54, 1.807) is 0 Å². The van der Waals surface area contributed by atoms with Crippen molar-refractivity contribution in [1.29, 1.82) is 0 Å². The monoisotopic (exact) mass is 255 g/mol. The van der Waals surface area contributed by atoms with Gasteiger partial charge in [-0.3, -0.25) is 4.79 Å². The highest BCUT2D eigenvalue weighted by atomic mass is 16.5. The normalized spacial score (nSPS) is 23.2. The van der Waals surface area contributed by atoms with Gasteiger partial charge in [0.2, 0.25) is 6.41 Å². The molecule has 2 heterocycles. The summed E-state index contributed by atoms with van der Waals surface area (Å²) >= 11 is 0. The van der Waals surface area contributed by atoms with Crippen LogP contribution in [0.25, 0.3) is 0 Å². The second-order valence-electron chi connectivity index (χ2n) is 5.16. The molecule has 2 saturated heterocycles. The highest BCUT2D eigenvalue weighted by molar-refractivity contribution is 5.47. The van der Waals surface area contributed by atoms with Gasteiger partial charge in [0.15, 0.2) is 0 Å². The average molecular weight is 255 g/mol. The third-order valence-corrected chi connectivity index (χ3v) is 3.81. The first-order valence-corrected chi connectivity index (χ1v) is 7.12. The zero-order valence-corrected chi connectivity index (χ0v) is 11.1. The fraction of sp³-hybridized carbons (Fsp3) is 0.923. The van der Waals surface area contributed by atoms with E-state index in [4.69, 9.17) is 4.74 Å². The maximum Gasteiger partial charge on any atom is 0.209 e. The van der Waals surface area contributed by atoms with Crippen molar-refractivity contribution in [2.75, 3.05) is 52.4 Å². The number of hydrogen-bond acceptors (Lipinski definition) is 4. The van der Waals surface area contributed by atoms with Gasteiger partial charge in [-0.1, -0.05) is 0 Å². The van der Waals surface area contributed by atoms with Crippen molar-refractivity contribution in [3.05, 3.63) is 0 Å². The molecule has 1 amide bonds. The number of nitrogens with one attached hydrogen (secondary N) is 1. The lowest BCUT2D eigenvalue weighted by molar-refractivity contribution is -0.120. The molecule has 0 bridgehead atoms. The molecule has 2 aliphatic heterocycles. The summed E-state index contributed by atoms with van der Waals surface area (Å²) in [6.45, 7) is 8.27. The predicted molar refractivity (Wildman–Crippen MR) is 70.5 cm³/mol. The van der Waals surface area contributed by atoms with E-state index in [9.17, 15) is 4.79 Å². The summed E-state index contributed by atoms with van der Waals surface area (Å²) in [6, 6.07) is 0. The van der Waals surface area contributed by atoms with Gasteiger partial charge in [-0.2, -0.15) is 0 Å². The lowest BCUT2D eigenvalue weighted by Crippen LogP contribution is -2.44. The predicted octanol–water partition coefficient (Wildman–Crippen LogP) is -0.0809.